The van der Waals surface area contributed by atoms with Gasteiger partial charge in [-0.05, 0) is 23.8 Å². The number of ether oxygens (including phenoxy) is 1. The molecule has 1 aromatic carbocycles. The second-order valence-corrected chi connectivity index (χ2v) is 3.84. The molecule has 2 atom stereocenters. The molecule has 0 bridgehead atoms. The van der Waals surface area contributed by atoms with Crippen LogP contribution < -0.4 is 4.74 Å². The summed E-state index contributed by atoms with van der Waals surface area (Å²) < 4.78 is 4.99. The molecule has 1 rings (SSSR count). The molecule has 2 N–H and O–H groups in total. The Balaban J connectivity index is 2.97. The van der Waals surface area contributed by atoms with Crippen LogP contribution in [0.4, 0.5) is 0 Å². The molecule has 0 saturated carbocycles. The van der Waals surface area contributed by atoms with E-state index in [1.807, 2.05) is 0 Å². The lowest BCUT2D eigenvalue weighted by atomic mass is 10.1. The monoisotopic (exact) mass is 250 g/mol. The molecule has 0 saturated heterocycles. The summed E-state index contributed by atoms with van der Waals surface area (Å²) in [5.74, 6) is 0.481. The first-order chi connectivity index (χ1) is 7.08. The van der Waals surface area contributed by atoms with Crippen LogP contribution >= 0.6 is 23.2 Å². The van der Waals surface area contributed by atoms with Gasteiger partial charge in [0.15, 0.2) is 0 Å². The molecule has 0 aliphatic rings. The molecule has 0 heterocycles. The van der Waals surface area contributed by atoms with Gasteiger partial charge in [0.05, 0.1) is 19.1 Å². The van der Waals surface area contributed by atoms with E-state index in [0.717, 1.165) is 0 Å². The van der Waals surface area contributed by atoms with Crippen molar-refractivity contribution in [2.75, 3.05) is 13.0 Å². The summed E-state index contributed by atoms with van der Waals surface area (Å²) in [7, 11) is 1.50. The van der Waals surface area contributed by atoms with Crippen molar-refractivity contribution in [1.29, 1.82) is 0 Å². The lowest BCUT2D eigenvalue weighted by Gasteiger charge is -2.16. The smallest absolute Gasteiger partial charge is 0.120 e. The van der Waals surface area contributed by atoms with Gasteiger partial charge in [-0.2, -0.15) is 0 Å². The van der Waals surface area contributed by atoms with E-state index < -0.39 is 12.2 Å². The molecule has 84 valence electrons. The minimum absolute atomic E-state index is 0.0456. The van der Waals surface area contributed by atoms with Crippen molar-refractivity contribution >= 4 is 23.2 Å². The average Bonchev–Trinajstić information content (AvgIpc) is 2.26. The molecule has 0 fully saturated rings. The van der Waals surface area contributed by atoms with Gasteiger partial charge in [0.2, 0.25) is 0 Å². The first kappa shape index (κ1) is 12.6. The van der Waals surface area contributed by atoms with Crippen LogP contribution in [0.2, 0.25) is 5.02 Å². The van der Waals surface area contributed by atoms with Crippen molar-refractivity contribution in [1.82, 2.24) is 0 Å². The Morgan fingerprint density at radius 2 is 2.00 bits per heavy atom. The molecule has 0 radical (unpaired) electrons. The zero-order valence-corrected chi connectivity index (χ0v) is 9.66. The number of aliphatic hydroxyl groups excluding tert-OH is 2. The van der Waals surface area contributed by atoms with Gasteiger partial charge >= 0.3 is 0 Å². The Kier molecular flexibility index (Phi) is 4.67. The summed E-state index contributed by atoms with van der Waals surface area (Å²) in [6.45, 7) is 0. The molecule has 0 aliphatic carbocycles. The van der Waals surface area contributed by atoms with Crippen LogP contribution in [0, 0.1) is 0 Å². The molecular formula is C10H12Cl2O3. The number of methoxy groups -OCH3 is 1. The van der Waals surface area contributed by atoms with Gasteiger partial charge in [-0.25, -0.2) is 0 Å². The maximum Gasteiger partial charge on any atom is 0.120 e. The molecule has 0 spiro atoms. The van der Waals surface area contributed by atoms with Gasteiger partial charge in [-0.15, -0.1) is 11.6 Å². The lowest BCUT2D eigenvalue weighted by Crippen LogP contribution is -2.19. The molecule has 5 heteroatoms. The summed E-state index contributed by atoms with van der Waals surface area (Å²) in [5, 5.41) is 19.5. The van der Waals surface area contributed by atoms with E-state index in [-0.39, 0.29) is 5.88 Å². The number of halogens is 2. The molecule has 3 nitrogen and oxygen atoms in total. The third kappa shape index (κ3) is 3.24. The molecule has 15 heavy (non-hydrogen) atoms. The van der Waals surface area contributed by atoms with Crippen molar-refractivity contribution in [3.05, 3.63) is 28.8 Å². The minimum atomic E-state index is -1.06. The number of benzene rings is 1. The van der Waals surface area contributed by atoms with Crippen LogP contribution in [0.25, 0.3) is 0 Å². The molecule has 0 aliphatic heterocycles. The van der Waals surface area contributed by atoms with Gasteiger partial charge in [-0.1, -0.05) is 11.6 Å². The second-order valence-electron chi connectivity index (χ2n) is 3.09. The van der Waals surface area contributed by atoms with Crippen LogP contribution in [0.1, 0.15) is 11.7 Å². The highest BCUT2D eigenvalue weighted by atomic mass is 35.5. The summed E-state index contributed by atoms with van der Waals surface area (Å²) in [6, 6.07) is 4.78. The second kappa shape index (κ2) is 5.56. The summed E-state index contributed by atoms with van der Waals surface area (Å²) in [6.07, 6.45) is -2.08. The third-order valence-corrected chi connectivity index (χ3v) is 2.53. The van der Waals surface area contributed by atoms with E-state index in [2.05, 4.69) is 0 Å². The zero-order valence-electron chi connectivity index (χ0n) is 8.15. The highest BCUT2D eigenvalue weighted by Gasteiger charge is 2.18. The average molecular weight is 251 g/mol. The van der Waals surface area contributed by atoms with Crippen molar-refractivity contribution in [2.24, 2.45) is 0 Å². The summed E-state index contributed by atoms with van der Waals surface area (Å²) >= 11 is 11.3. The Bertz CT molecular complexity index is 330. The molecule has 2 unspecified atom stereocenters. The quantitative estimate of drug-likeness (QED) is 0.804. The van der Waals surface area contributed by atoms with E-state index >= 15 is 0 Å². The number of alkyl halides is 1. The predicted molar refractivity (Wildman–Crippen MR) is 59.7 cm³/mol. The fourth-order valence-electron chi connectivity index (χ4n) is 1.18. The predicted octanol–water partition coefficient (Wildman–Crippen LogP) is 1.98. The number of hydrogen-bond acceptors (Lipinski definition) is 3. The highest BCUT2D eigenvalue weighted by Crippen LogP contribution is 2.26. The Morgan fingerprint density at radius 1 is 1.33 bits per heavy atom. The topological polar surface area (TPSA) is 49.7 Å². The van der Waals surface area contributed by atoms with Crippen molar-refractivity contribution in [3.8, 4) is 5.75 Å². The highest BCUT2D eigenvalue weighted by molar-refractivity contribution is 6.30. The van der Waals surface area contributed by atoms with Crippen LogP contribution in [-0.4, -0.2) is 29.3 Å². The van der Waals surface area contributed by atoms with Crippen molar-refractivity contribution < 1.29 is 14.9 Å². The number of hydrogen-bond donors (Lipinski definition) is 2. The van der Waals surface area contributed by atoms with Gasteiger partial charge in [0.1, 0.15) is 11.9 Å². The minimum Gasteiger partial charge on any atom is -0.497 e. The van der Waals surface area contributed by atoms with E-state index in [9.17, 15) is 10.2 Å². The van der Waals surface area contributed by atoms with E-state index in [1.54, 1.807) is 18.2 Å². The Morgan fingerprint density at radius 3 is 2.53 bits per heavy atom. The normalized spacial score (nSPS) is 14.7. The summed E-state index contributed by atoms with van der Waals surface area (Å²) in [5.41, 5.74) is 0.479. The maximum absolute atomic E-state index is 9.68. The van der Waals surface area contributed by atoms with Gasteiger partial charge in [0, 0.05) is 5.02 Å². The number of rotatable bonds is 4. The van der Waals surface area contributed by atoms with Crippen LogP contribution in [-0.2, 0) is 0 Å². The molecular weight excluding hydrogens is 239 g/mol. The Labute approximate surface area is 98.2 Å². The Hall–Kier alpha value is -0.480. The van der Waals surface area contributed by atoms with Gasteiger partial charge in [-0.3, -0.25) is 0 Å². The fourth-order valence-corrected chi connectivity index (χ4v) is 1.58. The van der Waals surface area contributed by atoms with E-state index in [1.165, 1.54) is 7.11 Å². The van der Waals surface area contributed by atoms with Crippen LogP contribution in [0.15, 0.2) is 18.2 Å². The largest absolute Gasteiger partial charge is 0.497 e. The first-order valence-electron chi connectivity index (χ1n) is 4.35. The van der Waals surface area contributed by atoms with Crippen LogP contribution in [0.5, 0.6) is 5.75 Å². The summed E-state index contributed by atoms with van der Waals surface area (Å²) in [4.78, 5) is 0. The standard InChI is InChI=1S/C10H12Cl2O3/c1-15-8-3-6(2-7(12)4-8)10(14)9(13)5-11/h2-4,9-10,13-14H,5H2,1H3. The molecule has 1 aromatic rings. The van der Waals surface area contributed by atoms with Gasteiger partial charge in [0.25, 0.3) is 0 Å². The molecule has 0 aromatic heterocycles. The fraction of sp³-hybridized carbons (Fsp3) is 0.400. The third-order valence-electron chi connectivity index (χ3n) is 1.99. The van der Waals surface area contributed by atoms with Gasteiger partial charge < -0.3 is 14.9 Å². The lowest BCUT2D eigenvalue weighted by molar-refractivity contribution is 0.0326. The zero-order chi connectivity index (χ0) is 11.4. The maximum atomic E-state index is 9.68. The van der Waals surface area contributed by atoms with E-state index in [4.69, 9.17) is 27.9 Å². The van der Waals surface area contributed by atoms with Crippen molar-refractivity contribution in [3.63, 3.8) is 0 Å². The van der Waals surface area contributed by atoms with E-state index in [0.29, 0.717) is 16.3 Å². The molecule has 0 amide bonds. The SMILES string of the molecule is COc1cc(Cl)cc(C(O)C(O)CCl)c1. The first-order valence-corrected chi connectivity index (χ1v) is 5.26. The van der Waals surface area contributed by atoms with Crippen LogP contribution in [0.3, 0.4) is 0 Å². The number of aliphatic hydroxyl groups is 2. The van der Waals surface area contributed by atoms with Crippen molar-refractivity contribution in [2.45, 2.75) is 12.2 Å².